The molecule has 1 unspecified atom stereocenters. The number of hydrogen-bond acceptors (Lipinski definition) is 7. The largest absolute Gasteiger partial charge is 0.383 e. The molecule has 2 saturated carbocycles. The van der Waals surface area contributed by atoms with Crippen molar-refractivity contribution < 1.29 is 13.2 Å². The molecule has 1 aromatic heterocycles. The number of fused-ring (bicyclic) bond motifs is 1. The third-order valence-electron chi connectivity index (χ3n) is 7.70. The van der Waals surface area contributed by atoms with Gasteiger partial charge in [-0.25, -0.2) is 13.2 Å². The van der Waals surface area contributed by atoms with Gasteiger partial charge >= 0.3 is 0 Å². The Morgan fingerprint density at radius 1 is 1.25 bits per heavy atom. The van der Waals surface area contributed by atoms with Crippen LogP contribution in [0.1, 0.15) is 43.7 Å². The predicted molar refractivity (Wildman–Crippen MR) is 149 cm³/mol. The zero-order valence-electron chi connectivity index (χ0n) is 21.7. The van der Waals surface area contributed by atoms with Crippen molar-refractivity contribution in [2.24, 2.45) is 5.41 Å². The number of alkyl halides is 2. The van der Waals surface area contributed by atoms with Crippen molar-refractivity contribution in [2.45, 2.75) is 50.0 Å². The summed E-state index contributed by atoms with van der Waals surface area (Å²) in [7, 11) is 7.02. The van der Waals surface area contributed by atoms with Crippen LogP contribution in [0.2, 0.25) is 5.02 Å². The van der Waals surface area contributed by atoms with Gasteiger partial charge in [-0.15, -0.1) is 5.53 Å². The number of hydrogen-bond donors (Lipinski definition) is 4. The third kappa shape index (κ3) is 4.91. The molecule has 0 bridgehead atoms. The van der Waals surface area contributed by atoms with E-state index in [0.29, 0.717) is 44.6 Å². The average Bonchev–Trinajstić information content (AvgIpc) is 3.62. The lowest BCUT2D eigenvalue weighted by Gasteiger charge is -2.45. The first-order valence-corrected chi connectivity index (χ1v) is 13.4. The van der Waals surface area contributed by atoms with Crippen molar-refractivity contribution in [3.8, 4) is 6.07 Å². The van der Waals surface area contributed by atoms with Crippen LogP contribution in [0.3, 0.4) is 0 Å². The van der Waals surface area contributed by atoms with E-state index in [1.165, 1.54) is 18.3 Å². The Bertz CT molecular complexity index is 1550. The summed E-state index contributed by atoms with van der Waals surface area (Å²) in [5.41, 5.74) is 7.17. The van der Waals surface area contributed by atoms with E-state index in [0.717, 1.165) is 12.8 Å². The second kappa shape index (κ2) is 9.49. The molecule has 1 aliphatic heterocycles. The normalized spacial score (nSPS) is 20.6. The molecule has 2 radical (unpaired) electrons. The highest BCUT2D eigenvalue weighted by Gasteiger charge is 2.53. The van der Waals surface area contributed by atoms with Crippen LogP contribution >= 0.6 is 11.6 Å². The van der Waals surface area contributed by atoms with Crippen molar-refractivity contribution in [1.82, 2.24) is 21.0 Å². The summed E-state index contributed by atoms with van der Waals surface area (Å²) in [6.07, 6.45) is 4.95. The first-order chi connectivity index (χ1) is 19.0. The Balaban J connectivity index is 1.39. The standard InChI is InChI=1S/C28H26BClF3N7/c1-26(13-27(32,33)14-26)15-36-24-16(10-34)11-35-25-21(24)8-19(9-22(25)30)37-28(29,17-2-4-18(31)5-3-17)23-12-40(39-38-23)20-6-7-20/h2-5,8-9,11-12,20,37-39H,6-7,13-15H2,1H3,(H,35,36). The fraction of sp³-hybridized carbons (Fsp3) is 0.357. The maximum Gasteiger partial charge on any atom is 0.249 e. The number of halogens is 4. The minimum atomic E-state index is -2.67. The minimum Gasteiger partial charge on any atom is -0.383 e. The Morgan fingerprint density at radius 3 is 2.62 bits per heavy atom. The van der Waals surface area contributed by atoms with Crippen molar-refractivity contribution in [2.75, 3.05) is 17.2 Å². The first-order valence-electron chi connectivity index (χ1n) is 13.0. The molecule has 12 heteroatoms. The van der Waals surface area contributed by atoms with Crippen LogP contribution in [-0.2, 0) is 5.44 Å². The summed E-state index contributed by atoms with van der Waals surface area (Å²) in [4.78, 5) is 4.38. The summed E-state index contributed by atoms with van der Waals surface area (Å²) in [6.45, 7) is 2.04. The molecule has 3 aromatic rings. The highest BCUT2D eigenvalue weighted by Crippen LogP contribution is 2.52. The summed E-state index contributed by atoms with van der Waals surface area (Å²) < 4.78 is 41.1. The molecule has 4 N–H and O–H groups in total. The van der Waals surface area contributed by atoms with E-state index in [1.807, 2.05) is 11.2 Å². The number of aromatic nitrogens is 1. The fourth-order valence-electron chi connectivity index (χ4n) is 5.54. The Labute approximate surface area is 236 Å². The Morgan fingerprint density at radius 2 is 1.98 bits per heavy atom. The van der Waals surface area contributed by atoms with Crippen LogP contribution in [0.25, 0.3) is 10.9 Å². The van der Waals surface area contributed by atoms with E-state index >= 15 is 0 Å². The van der Waals surface area contributed by atoms with Crippen LogP contribution in [0.5, 0.6) is 0 Å². The molecule has 40 heavy (non-hydrogen) atoms. The number of rotatable bonds is 8. The van der Waals surface area contributed by atoms with Gasteiger partial charge < -0.3 is 16.1 Å². The number of nitrogens with one attached hydrogen (secondary N) is 4. The number of hydrazine groups is 2. The van der Waals surface area contributed by atoms with Gasteiger partial charge in [-0.2, -0.15) is 5.26 Å². The number of benzene rings is 2. The van der Waals surface area contributed by atoms with Crippen LogP contribution in [0.15, 0.2) is 54.5 Å². The molecule has 0 saturated heterocycles. The molecular formula is C28H26BClF3N7. The van der Waals surface area contributed by atoms with E-state index in [4.69, 9.17) is 19.4 Å². The summed E-state index contributed by atoms with van der Waals surface area (Å²) in [5.74, 6) is -3.07. The molecule has 2 aromatic carbocycles. The number of anilines is 2. The van der Waals surface area contributed by atoms with Crippen molar-refractivity contribution in [3.63, 3.8) is 0 Å². The van der Waals surface area contributed by atoms with Gasteiger partial charge in [-0.1, -0.05) is 30.7 Å². The molecule has 6 rings (SSSR count). The lowest BCUT2D eigenvalue weighted by Crippen LogP contribution is -2.48. The van der Waals surface area contributed by atoms with E-state index in [9.17, 15) is 18.4 Å². The van der Waals surface area contributed by atoms with Gasteiger partial charge in [0, 0.05) is 48.9 Å². The van der Waals surface area contributed by atoms with Crippen molar-refractivity contribution in [1.29, 1.82) is 5.26 Å². The maximum atomic E-state index is 13.8. The van der Waals surface area contributed by atoms with Crippen LogP contribution < -0.4 is 21.6 Å². The van der Waals surface area contributed by atoms with E-state index in [2.05, 4.69) is 32.6 Å². The number of nitriles is 1. The van der Waals surface area contributed by atoms with Gasteiger partial charge in [0.05, 0.1) is 32.9 Å². The molecule has 7 nitrogen and oxygen atoms in total. The quantitative estimate of drug-likeness (QED) is 0.269. The minimum absolute atomic E-state index is 0.229. The van der Waals surface area contributed by atoms with E-state index in [1.54, 1.807) is 31.2 Å². The smallest absolute Gasteiger partial charge is 0.249 e. The van der Waals surface area contributed by atoms with Gasteiger partial charge in [-0.05, 0) is 48.1 Å². The highest BCUT2D eigenvalue weighted by atomic mass is 35.5. The molecule has 0 spiro atoms. The number of pyridine rings is 1. The van der Waals surface area contributed by atoms with Crippen LogP contribution in [0.4, 0.5) is 24.5 Å². The summed E-state index contributed by atoms with van der Waals surface area (Å²) in [5, 5.41) is 19.2. The lowest BCUT2D eigenvalue weighted by atomic mass is 9.67. The van der Waals surface area contributed by atoms with Gasteiger partial charge in [0.1, 0.15) is 19.7 Å². The monoisotopic (exact) mass is 563 g/mol. The third-order valence-corrected chi connectivity index (χ3v) is 7.99. The van der Waals surface area contributed by atoms with Crippen molar-refractivity contribution >= 4 is 41.7 Å². The predicted octanol–water partition coefficient (Wildman–Crippen LogP) is 5.51. The lowest BCUT2D eigenvalue weighted by molar-refractivity contribution is -0.148. The second-order valence-electron chi connectivity index (χ2n) is 11.2. The molecule has 3 aliphatic rings. The molecule has 2 aliphatic carbocycles. The molecule has 0 amide bonds. The zero-order chi connectivity index (χ0) is 28.3. The molecule has 1 atom stereocenters. The SMILES string of the molecule is [B]C(Nc1cc(Cl)c2ncc(C#N)c(NCC3(C)CC(F)(F)C3)c2c1)(C1=CN(C2CC2)NN1)c1ccc(F)cc1. The second-order valence-corrected chi connectivity index (χ2v) is 11.7. The average molecular weight is 564 g/mol. The van der Waals surface area contributed by atoms with Gasteiger partial charge in [0.2, 0.25) is 5.92 Å². The molecule has 2 heterocycles. The summed E-state index contributed by atoms with van der Waals surface area (Å²) >= 11 is 6.67. The molecule has 204 valence electrons. The van der Waals surface area contributed by atoms with Gasteiger partial charge in [-0.3, -0.25) is 9.99 Å². The zero-order valence-corrected chi connectivity index (χ0v) is 22.4. The Kier molecular flexibility index (Phi) is 6.31. The van der Waals surface area contributed by atoms with Crippen LogP contribution in [0, 0.1) is 22.6 Å². The van der Waals surface area contributed by atoms with E-state index < -0.39 is 22.6 Å². The summed E-state index contributed by atoms with van der Waals surface area (Å²) in [6, 6.07) is 11.8. The molecular weight excluding hydrogens is 538 g/mol. The maximum absolute atomic E-state index is 13.8. The molecule has 2 fully saturated rings. The van der Waals surface area contributed by atoms with E-state index in [-0.39, 0.29) is 24.9 Å². The highest BCUT2D eigenvalue weighted by molar-refractivity contribution is 6.36. The Hall–Kier alpha value is -3.62. The van der Waals surface area contributed by atoms with Gasteiger partial charge in [0.25, 0.3) is 0 Å². The first kappa shape index (κ1) is 26.6. The number of nitrogens with zero attached hydrogens (tertiary/aromatic N) is 3. The topological polar surface area (TPSA) is 88.0 Å². The van der Waals surface area contributed by atoms with Crippen LogP contribution in [-0.4, -0.2) is 36.3 Å². The fourth-order valence-corrected chi connectivity index (χ4v) is 5.81. The van der Waals surface area contributed by atoms with Gasteiger partial charge in [0.15, 0.2) is 0 Å². The van der Waals surface area contributed by atoms with Crippen molar-refractivity contribution in [3.05, 3.63) is 76.5 Å².